The standard InChI is InChI=1S/C14H14N2O5/c1-2-9(12-4-3-5-19-12)15-10-6-13-14(21-8-20-13)7-11(10)16(17)18/h3-7,9,15H,2,8H2,1H3. The first-order valence-electron chi connectivity index (χ1n) is 6.57. The Balaban J connectivity index is 1.95. The van der Waals surface area contributed by atoms with Crippen molar-refractivity contribution in [1.82, 2.24) is 0 Å². The zero-order valence-corrected chi connectivity index (χ0v) is 11.4. The van der Waals surface area contributed by atoms with Gasteiger partial charge in [0.15, 0.2) is 11.5 Å². The summed E-state index contributed by atoms with van der Waals surface area (Å²) in [4.78, 5) is 10.8. The first-order chi connectivity index (χ1) is 10.2. The van der Waals surface area contributed by atoms with Crippen LogP contribution in [0.25, 0.3) is 0 Å². The van der Waals surface area contributed by atoms with E-state index < -0.39 is 4.92 Å². The Morgan fingerprint density at radius 2 is 2.14 bits per heavy atom. The summed E-state index contributed by atoms with van der Waals surface area (Å²) >= 11 is 0. The lowest BCUT2D eigenvalue weighted by molar-refractivity contribution is -0.384. The fraction of sp³-hybridized carbons (Fsp3) is 0.286. The van der Waals surface area contributed by atoms with Crippen LogP contribution >= 0.6 is 0 Å². The minimum absolute atomic E-state index is 0.0516. The third-order valence-electron chi connectivity index (χ3n) is 3.31. The van der Waals surface area contributed by atoms with Gasteiger partial charge in [-0.15, -0.1) is 0 Å². The third-order valence-corrected chi connectivity index (χ3v) is 3.31. The Bertz CT molecular complexity index is 654. The second-order valence-corrected chi connectivity index (χ2v) is 4.60. The molecule has 110 valence electrons. The Kier molecular flexibility index (Phi) is 3.39. The Morgan fingerprint density at radius 3 is 2.76 bits per heavy atom. The molecule has 0 saturated carbocycles. The number of furan rings is 1. The average molecular weight is 290 g/mol. The van der Waals surface area contributed by atoms with Crippen molar-refractivity contribution in [2.75, 3.05) is 12.1 Å². The van der Waals surface area contributed by atoms with Gasteiger partial charge in [-0.2, -0.15) is 0 Å². The van der Waals surface area contributed by atoms with E-state index in [-0.39, 0.29) is 18.5 Å². The second kappa shape index (κ2) is 5.35. The van der Waals surface area contributed by atoms with Gasteiger partial charge in [0.05, 0.1) is 23.3 Å². The summed E-state index contributed by atoms with van der Waals surface area (Å²) in [6.45, 7) is 2.05. The van der Waals surface area contributed by atoms with E-state index in [0.717, 1.165) is 12.2 Å². The molecule has 1 aliphatic rings. The number of hydrogen-bond donors (Lipinski definition) is 1. The lowest BCUT2D eigenvalue weighted by Crippen LogP contribution is -2.10. The zero-order chi connectivity index (χ0) is 14.8. The van der Waals surface area contributed by atoms with E-state index >= 15 is 0 Å². The highest BCUT2D eigenvalue weighted by Crippen LogP contribution is 2.41. The van der Waals surface area contributed by atoms with Gasteiger partial charge in [-0.3, -0.25) is 10.1 Å². The largest absolute Gasteiger partial charge is 0.467 e. The van der Waals surface area contributed by atoms with Crippen LogP contribution in [0.5, 0.6) is 11.5 Å². The van der Waals surface area contributed by atoms with Crippen molar-refractivity contribution in [2.24, 2.45) is 0 Å². The maximum atomic E-state index is 11.2. The van der Waals surface area contributed by atoms with E-state index in [0.29, 0.717) is 17.2 Å². The molecule has 1 aromatic carbocycles. The summed E-state index contributed by atoms with van der Waals surface area (Å²) in [7, 11) is 0. The molecule has 0 bridgehead atoms. The van der Waals surface area contributed by atoms with Crippen molar-refractivity contribution in [3.63, 3.8) is 0 Å². The van der Waals surface area contributed by atoms with Crippen LogP contribution in [-0.2, 0) is 0 Å². The van der Waals surface area contributed by atoms with Gasteiger partial charge in [-0.25, -0.2) is 0 Å². The molecule has 0 fully saturated rings. The lowest BCUT2D eigenvalue weighted by Gasteiger charge is -2.16. The van der Waals surface area contributed by atoms with Crippen LogP contribution in [0.1, 0.15) is 25.1 Å². The monoisotopic (exact) mass is 290 g/mol. The summed E-state index contributed by atoms with van der Waals surface area (Å²) in [6.07, 6.45) is 2.30. The highest BCUT2D eigenvalue weighted by molar-refractivity contribution is 5.69. The van der Waals surface area contributed by atoms with Gasteiger partial charge in [0.1, 0.15) is 11.4 Å². The number of benzene rings is 1. The number of nitro benzene ring substituents is 1. The molecule has 0 aliphatic carbocycles. The molecule has 3 rings (SSSR count). The van der Waals surface area contributed by atoms with Gasteiger partial charge >= 0.3 is 0 Å². The van der Waals surface area contributed by atoms with Crippen molar-refractivity contribution < 1.29 is 18.8 Å². The highest BCUT2D eigenvalue weighted by atomic mass is 16.7. The smallest absolute Gasteiger partial charge is 0.296 e. The van der Waals surface area contributed by atoms with Crippen LogP contribution in [0.2, 0.25) is 0 Å². The third kappa shape index (κ3) is 2.49. The van der Waals surface area contributed by atoms with Gasteiger partial charge in [0, 0.05) is 6.07 Å². The predicted octanol–water partition coefficient (Wildman–Crippen LogP) is 3.48. The maximum Gasteiger partial charge on any atom is 0.296 e. The van der Waals surface area contributed by atoms with Crippen molar-refractivity contribution in [1.29, 1.82) is 0 Å². The molecule has 7 heteroatoms. The zero-order valence-electron chi connectivity index (χ0n) is 11.4. The van der Waals surface area contributed by atoms with Crippen LogP contribution in [0.15, 0.2) is 34.9 Å². The number of anilines is 1. The molecule has 21 heavy (non-hydrogen) atoms. The molecule has 2 aromatic rings. The van der Waals surface area contributed by atoms with Crippen LogP contribution in [-0.4, -0.2) is 11.7 Å². The van der Waals surface area contributed by atoms with E-state index in [1.165, 1.54) is 6.07 Å². The number of fused-ring (bicyclic) bond motifs is 1. The molecule has 0 saturated heterocycles. The maximum absolute atomic E-state index is 11.2. The molecule has 0 amide bonds. The molecular formula is C14H14N2O5. The summed E-state index contributed by atoms with van der Waals surface area (Å²) < 4.78 is 15.8. The number of rotatable bonds is 5. The van der Waals surface area contributed by atoms with E-state index in [4.69, 9.17) is 13.9 Å². The lowest BCUT2D eigenvalue weighted by atomic mass is 10.1. The Labute approximate surface area is 120 Å². The molecule has 1 aliphatic heterocycles. The van der Waals surface area contributed by atoms with E-state index in [1.807, 2.05) is 13.0 Å². The van der Waals surface area contributed by atoms with Crippen LogP contribution in [0.3, 0.4) is 0 Å². The van der Waals surface area contributed by atoms with Gasteiger partial charge in [-0.05, 0) is 18.6 Å². The van der Waals surface area contributed by atoms with Crippen molar-refractivity contribution in [3.8, 4) is 11.5 Å². The minimum atomic E-state index is -0.445. The second-order valence-electron chi connectivity index (χ2n) is 4.60. The highest BCUT2D eigenvalue weighted by Gasteiger charge is 2.25. The molecule has 1 atom stereocenters. The van der Waals surface area contributed by atoms with E-state index in [1.54, 1.807) is 18.4 Å². The summed E-state index contributed by atoms with van der Waals surface area (Å²) in [5.41, 5.74) is 0.330. The SMILES string of the molecule is CCC(Nc1cc2c(cc1[N+](=O)[O-])OCO2)c1ccco1. The van der Waals surface area contributed by atoms with Crippen molar-refractivity contribution >= 4 is 11.4 Å². The fourth-order valence-corrected chi connectivity index (χ4v) is 2.25. The van der Waals surface area contributed by atoms with Crippen LogP contribution in [0, 0.1) is 10.1 Å². The van der Waals surface area contributed by atoms with Gasteiger partial charge in [-0.1, -0.05) is 6.92 Å². The number of hydrogen-bond acceptors (Lipinski definition) is 6. The Hall–Kier alpha value is -2.70. The van der Waals surface area contributed by atoms with Gasteiger partial charge in [0.25, 0.3) is 5.69 Å². The molecule has 7 nitrogen and oxygen atoms in total. The Morgan fingerprint density at radius 1 is 1.38 bits per heavy atom. The average Bonchev–Trinajstić information content (AvgIpc) is 3.14. The molecule has 1 aromatic heterocycles. The van der Waals surface area contributed by atoms with Gasteiger partial charge < -0.3 is 19.2 Å². The quantitative estimate of drug-likeness (QED) is 0.670. The molecular weight excluding hydrogens is 276 g/mol. The first kappa shape index (κ1) is 13.3. The summed E-state index contributed by atoms with van der Waals surface area (Å²) in [6, 6.07) is 6.43. The summed E-state index contributed by atoms with van der Waals surface area (Å²) in [5, 5.41) is 14.4. The predicted molar refractivity (Wildman–Crippen MR) is 74.6 cm³/mol. The number of nitro groups is 1. The van der Waals surface area contributed by atoms with Gasteiger partial charge in [0.2, 0.25) is 6.79 Å². The molecule has 1 N–H and O–H groups in total. The van der Waals surface area contributed by atoms with Crippen LogP contribution < -0.4 is 14.8 Å². The molecule has 0 radical (unpaired) electrons. The van der Waals surface area contributed by atoms with Crippen molar-refractivity contribution in [2.45, 2.75) is 19.4 Å². The van der Waals surface area contributed by atoms with E-state index in [9.17, 15) is 10.1 Å². The topological polar surface area (TPSA) is 86.8 Å². The van der Waals surface area contributed by atoms with E-state index in [2.05, 4.69) is 5.32 Å². The molecule has 2 heterocycles. The summed E-state index contributed by atoms with van der Waals surface area (Å²) in [5.74, 6) is 1.61. The molecule has 1 unspecified atom stereocenters. The van der Waals surface area contributed by atoms with Crippen molar-refractivity contribution in [3.05, 3.63) is 46.4 Å². The number of nitrogens with zero attached hydrogens (tertiary/aromatic N) is 1. The minimum Gasteiger partial charge on any atom is -0.467 e. The molecule has 0 spiro atoms. The number of ether oxygens (including phenoxy) is 2. The normalized spacial score (nSPS) is 14.0. The van der Waals surface area contributed by atoms with Crippen LogP contribution in [0.4, 0.5) is 11.4 Å². The first-order valence-corrected chi connectivity index (χ1v) is 6.57. The number of nitrogens with one attached hydrogen (secondary N) is 1. The fourth-order valence-electron chi connectivity index (χ4n) is 2.25.